The molecule has 1 unspecified atom stereocenters. The minimum atomic E-state index is -0.445. The molecule has 0 radical (unpaired) electrons. The summed E-state index contributed by atoms with van der Waals surface area (Å²) in [6.45, 7) is 6.84. The Bertz CT molecular complexity index is 779. The minimum absolute atomic E-state index is 0.351. The summed E-state index contributed by atoms with van der Waals surface area (Å²) in [5.41, 5.74) is 2.35. The van der Waals surface area contributed by atoms with Gasteiger partial charge in [-0.05, 0) is 43.0 Å². The highest BCUT2D eigenvalue weighted by molar-refractivity contribution is 5.46. The predicted molar refractivity (Wildman–Crippen MR) is 100 cm³/mol. The van der Waals surface area contributed by atoms with Crippen LogP contribution in [0.5, 0.6) is 0 Å². The van der Waals surface area contributed by atoms with Crippen molar-refractivity contribution in [3.63, 3.8) is 0 Å². The van der Waals surface area contributed by atoms with Crippen molar-refractivity contribution >= 4 is 5.69 Å². The highest BCUT2D eigenvalue weighted by atomic mass is 16.2. The molecule has 1 aliphatic heterocycles. The molecule has 1 fully saturated rings. The number of aromatic amines is 2. The van der Waals surface area contributed by atoms with Crippen LogP contribution >= 0.6 is 0 Å². The lowest BCUT2D eigenvalue weighted by Gasteiger charge is -2.33. The summed E-state index contributed by atoms with van der Waals surface area (Å²) < 4.78 is 0. The van der Waals surface area contributed by atoms with Crippen LogP contribution in [0.3, 0.4) is 0 Å². The number of likely N-dealkylation sites (tertiary alicyclic amines) is 1. The largest absolute Gasteiger partial charge is 0.381 e. The second kappa shape index (κ2) is 7.70. The molecule has 1 saturated heterocycles. The van der Waals surface area contributed by atoms with Gasteiger partial charge in [0, 0.05) is 36.6 Å². The Morgan fingerprint density at radius 1 is 1.20 bits per heavy atom. The Morgan fingerprint density at radius 3 is 2.64 bits per heavy atom. The molecule has 0 bridgehead atoms. The maximum absolute atomic E-state index is 11.4. The average Bonchev–Trinajstić information content (AvgIpc) is 2.54. The monoisotopic (exact) mass is 342 g/mol. The van der Waals surface area contributed by atoms with E-state index in [1.54, 1.807) is 0 Å². The van der Waals surface area contributed by atoms with Crippen LogP contribution in [0.2, 0.25) is 0 Å². The van der Waals surface area contributed by atoms with Crippen molar-refractivity contribution < 1.29 is 0 Å². The van der Waals surface area contributed by atoms with Gasteiger partial charge in [0.25, 0.3) is 5.56 Å². The topological polar surface area (TPSA) is 81.0 Å². The number of hydrogen-bond acceptors (Lipinski definition) is 4. The second-order valence-electron chi connectivity index (χ2n) is 7.11. The van der Waals surface area contributed by atoms with Crippen LogP contribution in [0, 0.1) is 0 Å². The Hall–Kier alpha value is -2.34. The molecule has 134 valence electrons. The van der Waals surface area contributed by atoms with Gasteiger partial charge in [-0.3, -0.25) is 14.7 Å². The first-order valence-electron chi connectivity index (χ1n) is 8.91. The van der Waals surface area contributed by atoms with E-state index in [9.17, 15) is 9.59 Å². The number of hydrogen-bond donors (Lipinski definition) is 3. The number of nitrogens with one attached hydrogen (secondary N) is 3. The summed E-state index contributed by atoms with van der Waals surface area (Å²) in [7, 11) is 0. The minimum Gasteiger partial charge on any atom is -0.381 e. The van der Waals surface area contributed by atoms with Crippen molar-refractivity contribution in [1.82, 2.24) is 14.9 Å². The second-order valence-corrected chi connectivity index (χ2v) is 7.11. The third-order valence-electron chi connectivity index (χ3n) is 4.66. The Balaban J connectivity index is 1.60. The van der Waals surface area contributed by atoms with E-state index in [0.29, 0.717) is 24.2 Å². The van der Waals surface area contributed by atoms with Crippen LogP contribution in [-0.4, -0.2) is 34.0 Å². The third kappa shape index (κ3) is 4.82. The molecular weight excluding hydrogens is 316 g/mol. The van der Waals surface area contributed by atoms with E-state index in [-0.39, 0.29) is 5.56 Å². The lowest BCUT2D eigenvalue weighted by molar-refractivity contribution is 0.206. The van der Waals surface area contributed by atoms with Gasteiger partial charge < -0.3 is 10.3 Å². The number of nitrogens with zero attached hydrogens (tertiary/aromatic N) is 1. The number of aromatic nitrogens is 2. The SMILES string of the molecule is CC(C)c1ccc(NC2CCCN(Cc3cc(=O)[nH]c(=O)[nH]3)C2)cc1. The number of anilines is 1. The van der Waals surface area contributed by atoms with Crippen LogP contribution in [0.25, 0.3) is 0 Å². The van der Waals surface area contributed by atoms with Crippen molar-refractivity contribution in [2.24, 2.45) is 0 Å². The highest BCUT2D eigenvalue weighted by Gasteiger charge is 2.20. The molecule has 1 aliphatic rings. The maximum atomic E-state index is 11.4. The third-order valence-corrected chi connectivity index (χ3v) is 4.66. The Labute approximate surface area is 147 Å². The zero-order valence-corrected chi connectivity index (χ0v) is 14.8. The number of benzene rings is 1. The summed E-state index contributed by atoms with van der Waals surface area (Å²) in [4.78, 5) is 30.0. The summed E-state index contributed by atoms with van der Waals surface area (Å²) in [5.74, 6) is 0.537. The van der Waals surface area contributed by atoms with Gasteiger partial charge in [0.2, 0.25) is 0 Å². The van der Waals surface area contributed by atoms with Gasteiger partial charge in [-0.15, -0.1) is 0 Å². The van der Waals surface area contributed by atoms with E-state index in [1.165, 1.54) is 11.6 Å². The molecule has 1 aromatic heterocycles. The fourth-order valence-corrected chi connectivity index (χ4v) is 3.36. The lowest BCUT2D eigenvalue weighted by atomic mass is 10.0. The molecule has 0 saturated carbocycles. The van der Waals surface area contributed by atoms with Gasteiger partial charge in [0.1, 0.15) is 0 Å². The fraction of sp³-hybridized carbons (Fsp3) is 0.474. The van der Waals surface area contributed by atoms with Gasteiger partial charge >= 0.3 is 5.69 Å². The van der Waals surface area contributed by atoms with Crippen molar-refractivity contribution in [3.8, 4) is 0 Å². The van der Waals surface area contributed by atoms with E-state index in [4.69, 9.17) is 0 Å². The first-order chi connectivity index (χ1) is 12.0. The average molecular weight is 342 g/mol. The van der Waals surface area contributed by atoms with Crippen LogP contribution in [0.15, 0.2) is 39.9 Å². The van der Waals surface area contributed by atoms with Crippen LogP contribution in [-0.2, 0) is 6.54 Å². The van der Waals surface area contributed by atoms with E-state index < -0.39 is 5.69 Å². The van der Waals surface area contributed by atoms with Crippen molar-refractivity contribution in [2.75, 3.05) is 18.4 Å². The number of rotatable bonds is 5. The molecule has 25 heavy (non-hydrogen) atoms. The molecule has 1 aromatic carbocycles. The molecule has 0 spiro atoms. The van der Waals surface area contributed by atoms with E-state index in [2.05, 4.69) is 58.3 Å². The van der Waals surface area contributed by atoms with Gasteiger partial charge in [0.05, 0.1) is 0 Å². The summed E-state index contributed by atoms with van der Waals surface area (Å²) >= 11 is 0. The zero-order valence-electron chi connectivity index (χ0n) is 14.8. The van der Waals surface area contributed by atoms with E-state index in [0.717, 1.165) is 31.6 Å². The zero-order chi connectivity index (χ0) is 17.8. The Morgan fingerprint density at radius 2 is 1.96 bits per heavy atom. The molecule has 6 heteroatoms. The standard InChI is InChI=1S/C19H26N4O2/c1-13(2)14-5-7-15(8-6-14)20-16-4-3-9-23(11-16)12-17-10-18(24)22-19(25)21-17/h5-8,10,13,16,20H,3-4,9,11-12H2,1-2H3,(H2,21,22,24,25). The van der Waals surface area contributed by atoms with Crippen molar-refractivity contribution in [3.05, 3.63) is 62.4 Å². The molecule has 2 aromatic rings. The van der Waals surface area contributed by atoms with E-state index >= 15 is 0 Å². The molecular formula is C19H26N4O2. The quantitative estimate of drug-likeness (QED) is 0.778. The smallest absolute Gasteiger partial charge is 0.325 e. The Kier molecular flexibility index (Phi) is 5.38. The van der Waals surface area contributed by atoms with Gasteiger partial charge in [-0.2, -0.15) is 0 Å². The fourth-order valence-electron chi connectivity index (χ4n) is 3.36. The predicted octanol–water partition coefficient (Wildman–Crippen LogP) is 2.26. The number of piperidine rings is 1. The first-order valence-corrected chi connectivity index (χ1v) is 8.91. The van der Waals surface area contributed by atoms with Crippen molar-refractivity contribution in [2.45, 2.75) is 45.2 Å². The number of H-pyrrole nitrogens is 2. The van der Waals surface area contributed by atoms with Crippen LogP contribution < -0.4 is 16.6 Å². The van der Waals surface area contributed by atoms with Gasteiger partial charge in [-0.1, -0.05) is 26.0 Å². The molecule has 2 heterocycles. The maximum Gasteiger partial charge on any atom is 0.325 e. The van der Waals surface area contributed by atoms with Gasteiger partial charge in [0.15, 0.2) is 0 Å². The summed E-state index contributed by atoms with van der Waals surface area (Å²) in [6.07, 6.45) is 2.21. The van der Waals surface area contributed by atoms with E-state index in [1.807, 2.05) is 0 Å². The molecule has 0 aliphatic carbocycles. The van der Waals surface area contributed by atoms with Crippen LogP contribution in [0.4, 0.5) is 5.69 Å². The molecule has 3 N–H and O–H groups in total. The normalized spacial score (nSPS) is 18.4. The van der Waals surface area contributed by atoms with Gasteiger partial charge in [-0.25, -0.2) is 4.79 Å². The molecule has 6 nitrogen and oxygen atoms in total. The first kappa shape index (κ1) is 17.5. The molecule has 0 amide bonds. The molecule has 1 atom stereocenters. The van der Waals surface area contributed by atoms with Crippen LogP contribution in [0.1, 0.15) is 43.9 Å². The summed E-state index contributed by atoms with van der Waals surface area (Å²) in [6, 6.07) is 10.5. The van der Waals surface area contributed by atoms with Crippen molar-refractivity contribution in [1.29, 1.82) is 0 Å². The lowest BCUT2D eigenvalue weighted by Crippen LogP contribution is -2.42. The molecule has 3 rings (SSSR count). The highest BCUT2D eigenvalue weighted by Crippen LogP contribution is 2.20. The summed E-state index contributed by atoms with van der Waals surface area (Å²) in [5, 5.41) is 3.60.